The van der Waals surface area contributed by atoms with Crippen molar-refractivity contribution in [1.82, 2.24) is 9.71 Å². The molecule has 1 heterocycles. The lowest BCUT2D eigenvalue weighted by Crippen LogP contribution is -2.24. The van der Waals surface area contributed by atoms with Gasteiger partial charge in [0.2, 0.25) is 10.0 Å². The third kappa shape index (κ3) is 4.18. The Balaban J connectivity index is 1.97. The van der Waals surface area contributed by atoms with Crippen LogP contribution in [0.5, 0.6) is 0 Å². The standard InChI is InChI=1S/C13H16N2O3S/c1-10-3-5-12(6-4-10)9-19(16,17)14-7-13-8-18-11(2)15-13/h3-6,8,14H,7,9H2,1-2H3. The van der Waals surface area contributed by atoms with Gasteiger partial charge < -0.3 is 4.42 Å². The van der Waals surface area contributed by atoms with Crippen molar-refractivity contribution in [2.45, 2.75) is 26.1 Å². The number of nitrogens with one attached hydrogen (secondary N) is 1. The molecule has 0 bridgehead atoms. The fourth-order valence-electron chi connectivity index (χ4n) is 1.63. The molecule has 2 rings (SSSR count). The molecule has 0 radical (unpaired) electrons. The van der Waals surface area contributed by atoms with Gasteiger partial charge in [-0.05, 0) is 12.5 Å². The van der Waals surface area contributed by atoms with E-state index < -0.39 is 10.0 Å². The van der Waals surface area contributed by atoms with Crippen LogP contribution >= 0.6 is 0 Å². The van der Waals surface area contributed by atoms with E-state index in [2.05, 4.69) is 9.71 Å². The second-order valence-electron chi connectivity index (χ2n) is 4.42. The first-order chi connectivity index (χ1) is 8.94. The van der Waals surface area contributed by atoms with Crippen molar-refractivity contribution in [2.75, 3.05) is 0 Å². The molecular weight excluding hydrogens is 264 g/mol. The summed E-state index contributed by atoms with van der Waals surface area (Å²) in [4.78, 5) is 4.04. The molecule has 0 atom stereocenters. The van der Waals surface area contributed by atoms with E-state index in [1.165, 1.54) is 6.26 Å². The van der Waals surface area contributed by atoms with Crippen LogP contribution in [0.4, 0.5) is 0 Å². The van der Waals surface area contributed by atoms with Crippen LogP contribution in [0.25, 0.3) is 0 Å². The zero-order valence-electron chi connectivity index (χ0n) is 10.9. The molecule has 0 fully saturated rings. The minimum absolute atomic E-state index is 0.0376. The van der Waals surface area contributed by atoms with Gasteiger partial charge in [-0.2, -0.15) is 0 Å². The van der Waals surface area contributed by atoms with Crippen LogP contribution in [-0.2, 0) is 22.3 Å². The third-order valence-corrected chi connectivity index (χ3v) is 3.91. The van der Waals surface area contributed by atoms with Crippen LogP contribution in [0.15, 0.2) is 34.9 Å². The quantitative estimate of drug-likeness (QED) is 0.908. The van der Waals surface area contributed by atoms with Crippen molar-refractivity contribution in [3.63, 3.8) is 0 Å². The van der Waals surface area contributed by atoms with Crippen molar-refractivity contribution < 1.29 is 12.8 Å². The predicted octanol–water partition coefficient (Wildman–Crippen LogP) is 1.91. The lowest BCUT2D eigenvalue weighted by molar-refractivity contribution is 0.520. The van der Waals surface area contributed by atoms with E-state index in [0.717, 1.165) is 11.1 Å². The summed E-state index contributed by atoms with van der Waals surface area (Å²) in [7, 11) is -3.37. The van der Waals surface area contributed by atoms with Gasteiger partial charge in [0.15, 0.2) is 5.89 Å². The van der Waals surface area contributed by atoms with Crippen molar-refractivity contribution in [2.24, 2.45) is 0 Å². The van der Waals surface area contributed by atoms with Crippen molar-refractivity contribution in [3.05, 3.63) is 53.2 Å². The number of hydrogen-bond donors (Lipinski definition) is 1. The highest BCUT2D eigenvalue weighted by atomic mass is 32.2. The Hall–Kier alpha value is -1.66. The molecule has 0 spiro atoms. The van der Waals surface area contributed by atoms with E-state index in [1.54, 1.807) is 6.92 Å². The first-order valence-corrected chi connectivity index (χ1v) is 7.54. The summed E-state index contributed by atoms with van der Waals surface area (Å²) in [6.45, 7) is 3.82. The molecule has 1 aromatic heterocycles. The number of nitrogens with zero attached hydrogens (tertiary/aromatic N) is 1. The molecule has 0 saturated carbocycles. The van der Waals surface area contributed by atoms with Crippen molar-refractivity contribution >= 4 is 10.0 Å². The fraction of sp³-hybridized carbons (Fsp3) is 0.308. The summed E-state index contributed by atoms with van der Waals surface area (Å²) in [6, 6.07) is 7.42. The Morgan fingerprint density at radius 2 is 1.89 bits per heavy atom. The smallest absolute Gasteiger partial charge is 0.216 e. The highest BCUT2D eigenvalue weighted by Crippen LogP contribution is 2.08. The lowest BCUT2D eigenvalue weighted by atomic mass is 10.2. The van der Waals surface area contributed by atoms with Gasteiger partial charge in [0, 0.05) is 6.92 Å². The minimum atomic E-state index is -3.37. The van der Waals surface area contributed by atoms with Crippen LogP contribution in [-0.4, -0.2) is 13.4 Å². The van der Waals surface area contributed by atoms with Gasteiger partial charge >= 0.3 is 0 Å². The van der Waals surface area contributed by atoms with E-state index in [-0.39, 0.29) is 12.3 Å². The van der Waals surface area contributed by atoms with Gasteiger partial charge in [-0.3, -0.25) is 0 Å². The lowest BCUT2D eigenvalue weighted by Gasteiger charge is -2.05. The molecule has 1 aromatic carbocycles. The maximum absolute atomic E-state index is 11.9. The molecule has 0 aliphatic rings. The van der Waals surface area contributed by atoms with Crippen LogP contribution in [0.3, 0.4) is 0 Å². The highest BCUT2D eigenvalue weighted by Gasteiger charge is 2.12. The average molecular weight is 280 g/mol. The Morgan fingerprint density at radius 1 is 1.21 bits per heavy atom. The number of oxazole rings is 1. The topological polar surface area (TPSA) is 72.2 Å². The van der Waals surface area contributed by atoms with E-state index in [4.69, 9.17) is 4.42 Å². The second kappa shape index (κ2) is 5.54. The molecule has 0 amide bonds. The summed E-state index contributed by atoms with van der Waals surface area (Å²) in [5, 5.41) is 0. The van der Waals surface area contributed by atoms with Gasteiger partial charge in [0.05, 0.1) is 18.0 Å². The number of hydrogen-bond acceptors (Lipinski definition) is 4. The van der Waals surface area contributed by atoms with Crippen molar-refractivity contribution in [3.8, 4) is 0 Å². The zero-order chi connectivity index (χ0) is 13.9. The number of benzene rings is 1. The zero-order valence-corrected chi connectivity index (χ0v) is 11.7. The summed E-state index contributed by atoms with van der Waals surface area (Å²) in [5.41, 5.74) is 2.44. The minimum Gasteiger partial charge on any atom is -0.449 e. The molecule has 1 N–H and O–H groups in total. The van der Waals surface area contributed by atoms with Crippen LogP contribution in [0, 0.1) is 13.8 Å². The number of sulfonamides is 1. The maximum Gasteiger partial charge on any atom is 0.216 e. The largest absolute Gasteiger partial charge is 0.449 e. The SMILES string of the molecule is Cc1ccc(CS(=O)(=O)NCc2coc(C)n2)cc1. The maximum atomic E-state index is 11.9. The number of rotatable bonds is 5. The molecule has 6 heteroatoms. The van der Waals surface area contributed by atoms with E-state index in [0.29, 0.717) is 11.6 Å². The molecule has 0 aliphatic carbocycles. The molecular formula is C13H16N2O3S. The van der Waals surface area contributed by atoms with Crippen molar-refractivity contribution in [1.29, 1.82) is 0 Å². The summed E-state index contributed by atoms with van der Waals surface area (Å²) in [5.74, 6) is 0.483. The first kappa shape index (κ1) is 13.8. The molecule has 102 valence electrons. The second-order valence-corrected chi connectivity index (χ2v) is 6.23. The fourth-order valence-corrected chi connectivity index (χ4v) is 2.73. The molecule has 2 aromatic rings. The van der Waals surface area contributed by atoms with Crippen LogP contribution < -0.4 is 4.72 Å². The van der Waals surface area contributed by atoms with Gasteiger partial charge in [-0.1, -0.05) is 29.8 Å². The Bertz CT molecular complexity index is 645. The molecule has 0 unspecified atom stereocenters. The Morgan fingerprint density at radius 3 is 2.47 bits per heavy atom. The van der Waals surface area contributed by atoms with Gasteiger partial charge in [-0.15, -0.1) is 0 Å². The average Bonchev–Trinajstić information content (AvgIpc) is 2.76. The van der Waals surface area contributed by atoms with Crippen LogP contribution in [0.2, 0.25) is 0 Å². The summed E-state index contributed by atoms with van der Waals surface area (Å²) in [6.07, 6.45) is 1.45. The van der Waals surface area contributed by atoms with Gasteiger partial charge in [0.1, 0.15) is 6.26 Å². The normalized spacial score (nSPS) is 11.7. The van der Waals surface area contributed by atoms with Gasteiger partial charge in [-0.25, -0.2) is 18.1 Å². The first-order valence-electron chi connectivity index (χ1n) is 5.88. The van der Waals surface area contributed by atoms with E-state index >= 15 is 0 Å². The molecule has 0 saturated heterocycles. The molecule has 5 nitrogen and oxygen atoms in total. The molecule has 19 heavy (non-hydrogen) atoms. The van der Waals surface area contributed by atoms with Gasteiger partial charge in [0.25, 0.3) is 0 Å². The highest BCUT2D eigenvalue weighted by molar-refractivity contribution is 7.88. The predicted molar refractivity (Wildman–Crippen MR) is 71.9 cm³/mol. The monoisotopic (exact) mass is 280 g/mol. The Kier molecular flexibility index (Phi) is 4.01. The Labute approximate surface area is 112 Å². The van der Waals surface area contributed by atoms with E-state index in [1.807, 2.05) is 31.2 Å². The summed E-state index contributed by atoms with van der Waals surface area (Å²) < 4.78 is 31.3. The molecule has 0 aliphatic heterocycles. The third-order valence-electron chi connectivity index (χ3n) is 2.62. The number of aryl methyl sites for hydroxylation is 2. The summed E-state index contributed by atoms with van der Waals surface area (Å²) >= 11 is 0. The number of aromatic nitrogens is 1. The van der Waals surface area contributed by atoms with E-state index in [9.17, 15) is 8.42 Å². The van der Waals surface area contributed by atoms with Crippen LogP contribution in [0.1, 0.15) is 22.7 Å².